The molecule has 0 amide bonds. The number of hydrogen-bond donors (Lipinski definition) is 1. The van der Waals surface area contributed by atoms with E-state index in [4.69, 9.17) is 4.74 Å². The summed E-state index contributed by atoms with van der Waals surface area (Å²) in [5.41, 5.74) is 11.3. The van der Waals surface area contributed by atoms with Crippen molar-refractivity contribution >= 4 is 34.2 Å². The van der Waals surface area contributed by atoms with E-state index >= 15 is 0 Å². The van der Waals surface area contributed by atoms with Crippen molar-refractivity contribution < 1.29 is 14.6 Å². The third kappa shape index (κ3) is 6.52. The number of likely N-dealkylation sites (N-methyl/N-ethyl adjacent to an activating group) is 2. The summed E-state index contributed by atoms with van der Waals surface area (Å²) in [4.78, 5) is 18.5. The number of anilines is 2. The lowest BCUT2D eigenvalue weighted by Crippen LogP contribution is -2.39. The molecule has 5 heteroatoms. The number of allylic oxidation sites excluding steroid dienone is 6. The summed E-state index contributed by atoms with van der Waals surface area (Å²) in [6, 6.07) is 25.1. The van der Waals surface area contributed by atoms with Gasteiger partial charge in [-0.1, -0.05) is 106 Å². The number of carbonyl (C=O) groups is 1. The molecule has 1 unspecified atom stereocenters. The first-order chi connectivity index (χ1) is 25.3. The second kappa shape index (κ2) is 13.9. The molecule has 272 valence electrons. The maximum absolute atomic E-state index is 13.6. The fraction of sp³-hybridized carbons (Fsp3) is 0.312. The van der Waals surface area contributed by atoms with E-state index in [1.54, 1.807) is 12.1 Å². The molecule has 4 aromatic rings. The molecule has 0 aromatic heterocycles. The molecule has 3 aliphatic rings. The van der Waals surface area contributed by atoms with E-state index in [2.05, 4.69) is 126 Å². The molecule has 0 saturated heterocycles. The highest BCUT2D eigenvalue weighted by molar-refractivity contribution is 5.92. The molecule has 0 radical (unpaired) electrons. The van der Waals surface area contributed by atoms with Gasteiger partial charge in [-0.05, 0) is 110 Å². The van der Waals surface area contributed by atoms with Crippen molar-refractivity contribution in [3.8, 4) is 5.75 Å². The standard InChI is InChI=1S/C48H52N2O3/c1-9-49-40-22-15-31(3)27-38(40)47(5,6)43(49)24-19-33-17-18-34(20-25-44-48(7,8)39-28-32(4)16-23-41(39)50(44)10-2)46(33)53-45(52)26-21-37-29-35-13-11-12-14-36(35)30-42(37)51/h11-16,19-30,43,51H,9-10,17-18H2,1-8H3/b24-19+,26-21+,34-20+,44-25+. The van der Waals surface area contributed by atoms with E-state index in [9.17, 15) is 9.90 Å². The number of aryl methyl sites for hydroxylation is 2. The monoisotopic (exact) mass is 704 g/mol. The Morgan fingerprint density at radius 3 is 2.21 bits per heavy atom. The number of carbonyl (C=O) groups excluding carboxylic acids is 1. The maximum Gasteiger partial charge on any atom is 0.336 e. The van der Waals surface area contributed by atoms with Crippen LogP contribution in [0.2, 0.25) is 0 Å². The van der Waals surface area contributed by atoms with Crippen LogP contribution < -0.4 is 9.80 Å². The van der Waals surface area contributed by atoms with Crippen LogP contribution in [0, 0.1) is 13.8 Å². The van der Waals surface area contributed by atoms with Crippen LogP contribution >= 0.6 is 0 Å². The number of hydrogen-bond acceptors (Lipinski definition) is 5. The zero-order valence-corrected chi connectivity index (χ0v) is 32.5. The average molecular weight is 705 g/mol. The number of phenolic OH excluding ortho intramolecular Hbond substituents is 1. The van der Waals surface area contributed by atoms with Crippen LogP contribution in [0.4, 0.5) is 11.4 Å². The van der Waals surface area contributed by atoms with E-state index < -0.39 is 5.97 Å². The van der Waals surface area contributed by atoms with Gasteiger partial charge in [-0.15, -0.1) is 0 Å². The summed E-state index contributed by atoms with van der Waals surface area (Å²) in [5.74, 6) is 0.266. The van der Waals surface area contributed by atoms with Crippen molar-refractivity contribution in [3.05, 3.63) is 154 Å². The average Bonchev–Trinajstić information content (AvgIpc) is 3.68. The molecule has 0 spiro atoms. The number of rotatable bonds is 8. The SMILES string of the molecule is CCN1/C(=C/C=C2\CCC(/C=C/C3N(CC)c4ccc(C)cc4C3(C)C)=C2OC(=O)/C=C/c2cc3ccccc3cc2O)C(C)(C)c2cc(C)ccc21. The van der Waals surface area contributed by atoms with Crippen LogP contribution in [0.1, 0.15) is 82.2 Å². The van der Waals surface area contributed by atoms with E-state index in [1.807, 2.05) is 30.3 Å². The molecule has 4 aromatic carbocycles. The molecule has 5 nitrogen and oxygen atoms in total. The molecule has 0 bridgehead atoms. The summed E-state index contributed by atoms with van der Waals surface area (Å²) in [6.07, 6.45) is 13.5. The zero-order chi connectivity index (χ0) is 37.7. The Morgan fingerprint density at radius 2 is 1.51 bits per heavy atom. The van der Waals surface area contributed by atoms with Gasteiger partial charge in [0.05, 0.1) is 6.04 Å². The lowest BCUT2D eigenvalue weighted by atomic mass is 9.79. The molecule has 2 aliphatic heterocycles. The first-order valence-electron chi connectivity index (χ1n) is 19.0. The zero-order valence-electron chi connectivity index (χ0n) is 32.5. The second-order valence-electron chi connectivity index (χ2n) is 15.8. The Morgan fingerprint density at radius 1 is 0.830 bits per heavy atom. The van der Waals surface area contributed by atoms with Crippen molar-refractivity contribution in [1.29, 1.82) is 0 Å². The minimum atomic E-state index is -0.475. The van der Waals surface area contributed by atoms with Gasteiger partial charge < -0.3 is 19.6 Å². The van der Waals surface area contributed by atoms with Gasteiger partial charge in [-0.3, -0.25) is 0 Å². The lowest BCUT2D eigenvalue weighted by molar-refractivity contribution is -0.133. The van der Waals surface area contributed by atoms with Crippen LogP contribution in [0.3, 0.4) is 0 Å². The predicted molar refractivity (Wildman–Crippen MR) is 221 cm³/mol. The van der Waals surface area contributed by atoms with Gasteiger partial charge >= 0.3 is 5.97 Å². The van der Waals surface area contributed by atoms with Crippen LogP contribution in [0.25, 0.3) is 16.8 Å². The quantitative estimate of drug-likeness (QED) is 0.146. The largest absolute Gasteiger partial charge is 0.507 e. The van der Waals surface area contributed by atoms with Crippen molar-refractivity contribution in [3.63, 3.8) is 0 Å². The number of benzene rings is 4. The number of fused-ring (bicyclic) bond motifs is 3. The van der Waals surface area contributed by atoms with Gasteiger partial charge in [-0.25, -0.2) is 4.79 Å². The van der Waals surface area contributed by atoms with Crippen LogP contribution in [-0.4, -0.2) is 30.2 Å². The summed E-state index contributed by atoms with van der Waals surface area (Å²) in [6.45, 7) is 19.7. The summed E-state index contributed by atoms with van der Waals surface area (Å²) >= 11 is 0. The smallest absolute Gasteiger partial charge is 0.336 e. The number of phenols is 1. The predicted octanol–water partition coefficient (Wildman–Crippen LogP) is 11.1. The Bertz CT molecular complexity index is 2260. The molecule has 0 fully saturated rings. The van der Waals surface area contributed by atoms with Crippen molar-refractivity contribution in [2.24, 2.45) is 0 Å². The van der Waals surface area contributed by atoms with Crippen LogP contribution in [0.15, 0.2) is 126 Å². The number of esters is 1. The third-order valence-electron chi connectivity index (χ3n) is 11.6. The first kappa shape index (κ1) is 36.1. The molecule has 0 saturated carbocycles. The van der Waals surface area contributed by atoms with Crippen LogP contribution in [0.5, 0.6) is 5.75 Å². The highest BCUT2D eigenvalue weighted by Gasteiger charge is 2.43. The Kier molecular flexibility index (Phi) is 9.48. The number of ether oxygens (including phenoxy) is 1. The molecule has 1 aliphatic carbocycles. The number of aromatic hydroxyl groups is 1. The van der Waals surface area contributed by atoms with Crippen molar-refractivity contribution in [1.82, 2.24) is 0 Å². The van der Waals surface area contributed by atoms with E-state index in [-0.39, 0.29) is 22.6 Å². The molecular weight excluding hydrogens is 653 g/mol. The normalized spacial score (nSPS) is 20.5. The van der Waals surface area contributed by atoms with Crippen LogP contribution in [-0.2, 0) is 20.4 Å². The Hall–Kier alpha value is -5.29. The molecule has 7 rings (SSSR count). The Labute approximate surface area is 315 Å². The van der Waals surface area contributed by atoms with Gasteiger partial charge in [0.2, 0.25) is 0 Å². The highest BCUT2D eigenvalue weighted by atomic mass is 16.5. The fourth-order valence-corrected chi connectivity index (χ4v) is 8.67. The van der Waals surface area contributed by atoms with Gasteiger partial charge in [0.25, 0.3) is 0 Å². The van der Waals surface area contributed by atoms with E-state index in [0.29, 0.717) is 11.3 Å². The van der Waals surface area contributed by atoms with E-state index in [0.717, 1.165) is 47.8 Å². The molecule has 1 atom stereocenters. The van der Waals surface area contributed by atoms with Gasteiger partial charge in [0, 0.05) is 52.6 Å². The summed E-state index contributed by atoms with van der Waals surface area (Å²) in [7, 11) is 0. The molecule has 2 heterocycles. The molecular formula is C48H52N2O3. The van der Waals surface area contributed by atoms with Crippen molar-refractivity contribution in [2.75, 3.05) is 22.9 Å². The van der Waals surface area contributed by atoms with Gasteiger partial charge in [-0.2, -0.15) is 0 Å². The lowest BCUT2D eigenvalue weighted by Gasteiger charge is -2.31. The van der Waals surface area contributed by atoms with E-state index in [1.165, 1.54) is 45.4 Å². The van der Waals surface area contributed by atoms with Gasteiger partial charge in [0.15, 0.2) is 0 Å². The second-order valence-corrected chi connectivity index (χ2v) is 15.8. The number of nitrogens with zero attached hydrogens (tertiary/aromatic N) is 2. The Balaban J connectivity index is 1.25. The van der Waals surface area contributed by atoms with Crippen molar-refractivity contribution in [2.45, 2.75) is 85.1 Å². The topological polar surface area (TPSA) is 53.0 Å². The summed E-state index contributed by atoms with van der Waals surface area (Å²) in [5, 5.41) is 12.7. The summed E-state index contributed by atoms with van der Waals surface area (Å²) < 4.78 is 6.28. The van der Waals surface area contributed by atoms with Gasteiger partial charge in [0.1, 0.15) is 11.5 Å². The minimum absolute atomic E-state index is 0.0947. The maximum atomic E-state index is 13.6. The highest BCUT2D eigenvalue weighted by Crippen LogP contribution is 2.49. The molecule has 53 heavy (non-hydrogen) atoms. The third-order valence-corrected chi connectivity index (χ3v) is 11.6. The first-order valence-corrected chi connectivity index (χ1v) is 19.0. The minimum Gasteiger partial charge on any atom is -0.507 e. The fourth-order valence-electron chi connectivity index (χ4n) is 8.67. The molecule has 1 N–H and O–H groups in total.